The Kier molecular flexibility index (Phi) is 8.97. The molecule has 1 unspecified atom stereocenters. The first-order valence-corrected chi connectivity index (χ1v) is 17.0. The average molecular weight is 683 g/mol. The Hall–Kier alpha value is -5.71. The van der Waals surface area contributed by atoms with Crippen LogP contribution in [0.5, 0.6) is 0 Å². The molecule has 7 aromatic rings. The maximum atomic E-state index is 14.5. The molecule has 0 bridgehead atoms. The van der Waals surface area contributed by atoms with Gasteiger partial charge in [-0.1, -0.05) is 91.0 Å². The van der Waals surface area contributed by atoms with Gasteiger partial charge >= 0.3 is 0 Å². The van der Waals surface area contributed by atoms with Crippen LogP contribution >= 0.6 is 0 Å². The molecule has 0 spiro atoms. The normalized spacial score (nSPS) is 12.7. The number of halogens is 1. The van der Waals surface area contributed by atoms with Gasteiger partial charge in [-0.05, 0) is 62.1 Å². The fourth-order valence-electron chi connectivity index (χ4n) is 6.71. The minimum Gasteiger partial charge on any atom is -0.394 e. The maximum absolute atomic E-state index is 14.5. The first kappa shape index (κ1) is 33.8. The van der Waals surface area contributed by atoms with E-state index in [4.69, 9.17) is 15.1 Å². The zero-order valence-electron chi connectivity index (χ0n) is 28.7. The lowest BCUT2D eigenvalue weighted by molar-refractivity contribution is 0.0870. The largest absolute Gasteiger partial charge is 0.394 e. The fraction of sp³-hybridized carbons (Fsp3) is 0.220. The monoisotopic (exact) mass is 682 g/mol. The van der Waals surface area contributed by atoms with Gasteiger partial charge in [0.1, 0.15) is 28.3 Å². The van der Waals surface area contributed by atoms with Crippen LogP contribution in [0.15, 0.2) is 122 Å². The number of benzene rings is 4. The predicted octanol–water partition coefficient (Wildman–Crippen LogP) is 6.70. The van der Waals surface area contributed by atoms with Gasteiger partial charge in [-0.2, -0.15) is 5.10 Å². The van der Waals surface area contributed by atoms with Gasteiger partial charge in [0, 0.05) is 18.1 Å². The van der Waals surface area contributed by atoms with Crippen molar-refractivity contribution < 1.29 is 19.4 Å². The van der Waals surface area contributed by atoms with Crippen molar-refractivity contribution in [3.05, 3.63) is 150 Å². The number of aliphatic hydroxyl groups is 2. The summed E-state index contributed by atoms with van der Waals surface area (Å²) in [5.41, 5.74) is 3.39. The molecule has 0 aliphatic carbocycles. The molecule has 0 saturated carbocycles. The van der Waals surface area contributed by atoms with Gasteiger partial charge in [-0.3, -0.25) is 9.48 Å². The minimum absolute atomic E-state index is 0.261. The molecule has 4 aromatic carbocycles. The molecule has 3 N–H and O–H groups in total. The topological polar surface area (TPSA) is 118 Å². The molecular formula is C41H39FN6O3. The Bertz CT molecular complexity index is 2220. The van der Waals surface area contributed by atoms with Crippen LogP contribution in [0.25, 0.3) is 33.5 Å². The number of hydrogen-bond acceptors (Lipinski definition) is 6. The number of aliphatic hydroxyl groups excluding tert-OH is 2. The van der Waals surface area contributed by atoms with Crippen LogP contribution in [0, 0.1) is 5.82 Å². The number of hydrogen-bond donors (Lipinski definition) is 3. The van der Waals surface area contributed by atoms with Crippen molar-refractivity contribution in [3.8, 4) is 11.4 Å². The van der Waals surface area contributed by atoms with E-state index in [1.54, 1.807) is 43.9 Å². The van der Waals surface area contributed by atoms with E-state index in [1.807, 2.05) is 59.2 Å². The summed E-state index contributed by atoms with van der Waals surface area (Å²) in [7, 11) is 0. The van der Waals surface area contributed by atoms with Gasteiger partial charge < -0.3 is 20.1 Å². The third kappa shape index (κ3) is 6.17. The molecule has 10 heteroatoms. The van der Waals surface area contributed by atoms with Crippen molar-refractivity contribution in [3.63, 3.8) is 0 Å². The van der Waals surface area contributed by atoms with Crippen molar-refractivity contribution in [2.45, 2.75) is 50.9 Å². The summed E-state index contributed by atoms with van der Waals surface area (Å²) in [4.78, 5) is 24.4. The van der Waals surface area contributed by atoms with Crippen molar-refractivity contribution in [1.29, 1.82) is 0 Å². The van der Waals surface area contributed by atoms with E-state index in [0.29, 0.717) is 46.4 Å². The highest BCUT2D eigenvalue weighted by Gasteiger charge is 2.41. The summed E-state index contributed by atoms with van der Waals surface area (Å²) < 4.78 is 18.2. The Labute approximate surface area is 295 Å². The SMILES string of the molecule is CC(O)CCn1nc(-c2cnc3c(n2)c(C(=O)NC(C)(C)CO)cn3C(c2ccccc2)(c2ccccc2)c2ccccc2)c2ccc(F)cc21. The van der Waals surface area contributed by atoms with Crippen molar-refractivity contribution in [1.82, 2.24) is 29.6 Å². The molecule has 9 nitrogen and oxygen atoms in total. The summed E-state index contributed by atoms with van der Waals surface area (Å²) >= 11 is 0. The molecule has 0 radical (unpaired) electrons. The Balaban J connectivity index is 1.54. The van der Waals surface area contributed by atoms with Gasteiger partial charge in [-0.25, -0.2) is 14.4 Å². The maximum Gasteiger partial charge on any atom is 0.255 e. The third-order valence-corrected chi connectivity index (χ3v) is 9.24. The Morgan fingerprint density at radius 3 is 2.04 bits per heavy atom. The zero-order chi connectivity index (χ0) is 35.8. The number of fused-ring (bicyclic) bond motifs is 2. The molecule has 0 aliphatic rings. The van der Waals surface area contributed by atoms with Gasteiger partial charge in [0.05, 0.1) is 35.5 Å². The quantitative estimate of drug-likeness (QED) is 0.131. The van der Waals surface area contributed by atoms with Crippen LogP contribution in [-0.2, 0) is 12.1 Å². The number of aromatic nitrogens is 5. The molecule has 7 rings (SSSR count). The van der Waals surface area contributed by atoms with Crippen LogP contribution in [0.4, 0.5) is 4.39 Å². The number of nitrogens with one attached hydrogen (secondary N) is 1. The van der Waals surface area contributed by atoms with Crippen LogP contribution in [-0.4, -0.2) is 58.7 Å². The van der Waals surface area contributed by atoms with E-state index in [2.05, 4.69) is 41.7 Å². The predicted molar refractivity (Wildman–Crippen MR) is 196 cm³/mol. The highest BCUT2D eigenvalue weighted by Crippen LogP contribution is 2.43. The minimum atomic E-state index is -0.990. The molecule has 1 amide bonds. The van der Waals surface area contributed by atoms with E-state index in [-0.39, 0.29) is 12.2 Å². The number of carbonyl (C=O) groups excluding carboxylic acids is 1. The second-order valence-corrected chi connectivity index (χ2v) is 13.5. The molecule has 51 heavy (non-hydrogen) atoms. The van der Waals surface area contributed by atoms with Gasteiger partial charge in [0.2, 0.25) is 0 Å². The van der Waals surface area contributed by atoms with Gasteiger partial charge in [0.15, 0.2) is 5.65 Å². The van der Waals surface area contributed by atoms with Crippen LogP contribution in [0.2, 0.25) is 0 Å². The summed E-state index contributed by atoms with van der Waals surface area (Å²) in [5.74, 6) is -0.836. The van der Waals surface area contributed by atoms with Gasteiger partial charge in [-0.15, -0.1) is 0 Å². The number of nitrogens with zero attached hydrogens (tertiary/aromatic N) is 5. The van der Waals surface area contributed by atoms with E-state index in [1.165, 1.54) is 12.1 Å². The first-order chi connectivity index (χ1) is 24.6. The number of carbonyl (C=O) groups is 1. The van der Waals surface area contributed by atoms with E-state index in [9.17, 15) is 19.4 Å². The highest BCUT2D eigenvalue weighted by molar-refractivity contribution is 6.06. The summed E-state index contributed by atoms with van der Waals surface area (Å²) in [6.45, 7) is 5.27. The molecule has 3 aromatic heterocycles. The van der Waals surface area contributed by atoms with Crippen molar-refractivity contribution in [2.24, 2.45) is 0 Å². The molecule has 0 saturated heterocycles. The van der Waals surface area contributed by atoms with Crippen molar-refractivity contribution >= 4 is 28.0 Å². The summed E-state index contributed by atoms with van der Waals surface area (Å²) in [6, 6.07) is 34.7. The molecule has 0 aliphatic heterocycles. The Morgan fingerprint density at radius 2 is 1.49 bits per heavy atom. The smallest absolute Gasteiger partial charge is 0.255 e. The Morgan fingerprint density at radius 1 is 0.902 bits per heavy atom. The number of amides is 1. The average Bonchev–Trinajstić information content (AvgIpc) is 3.71. The van der Waals surface area contributed by atoms with Crippen molar-refractivity contribution in [2.75, 3.05) is 6.61 Å². The molecule has 1 atom stereocenters. The molecular weight excluding hydrogens is 643 g/mol. The first-order valence-electron chi connectivity index (χ1n) is 17.0. The van der Waals surface area contributed by atoms with E-state index >= 15 is 0 Å². The highest BCUT2D eigenvalue weighted by atomic mass is 19.1. The second kappa shape index (κ2) is 13.5. The molecule has 0 fully saturated rings. The third-order valence-electron chi connectivity index (χ3n) is 9.24. The van der Waals surface area contributed by atoms with Crippen LogP contribution < -0.4 is 5.32 Å². The zero-order valence-corrected chi connectivity index (χ0v) is 28.7. The molecule has 258 valence electrons. The number of aryl methyl sites for hydroxylation is 1. The standard InChI is InChI=1S/C41H39FN6O3/c1-27(50)21-22-48-35-23-31(42)19-20-32(35)36(46-48)34-24-43-38-37(44-34)33(39(51)45-40(2,3)26-49)25-47(38)41(28-13-7-4-8-14-28,29-15-9-5-10-16-29)30-17-11-6-12-18-30/h4-20,23-25,27,49-50H,21-22,26H2,1-3H3,(H,45,51). The van der Waals surface area contributed by atoms with Crippen LogP contribution in [0.1, 0.15) is 54.2 Å². The summed E-state index contributed by atoms with van der Waals surface area (Å²) in [5, 5.41) is 28.5. The summed E-state index contributed by atoms with van der Waals surface area (Å²) in [6.07, 6.45) is 3.28. The lowest BCUT2D eigenvalue weighted by Gasteiger charge is -2.38. The lowest BCUT2D eigenvalue weighted by Crippen LogP contribution is -2.46. The van der Waals surface area contributed by atoms with E-state index < -0.39 is 28.9 Å². The second-order valence-electron chi connectivity index (χ2n) is 13.5. The lowest BCUT2D eigenvalue weighted by atomic mass is 9.76. The molecule has 3 heterocycles. The fourth-order valence-corrected chi connectivity index (χ4v) is 6.71. The number of rotatable bonds is 11. The van der Waals surface area contributed by atoms with E-state index in [0.717, 1.165) is 16.7 Å². The van der Waals surface area contributed by atoms with Crippen LogP contribution in [0.3, 0.4) is 0 Å². The van der Waals surface area contributed by atoms with Gasteiger partial charge in [0.25, 0.3) is 5.91 Å².